The van der Waals surface area contributed by atoms with Gasteiger partial charge in [-0.15, -0.1) is 0 Å². The number of hydrogen-bond donors (Lipinski definition) is 0. The maximum Gasteiger partial charge on any atom is 0.422 e. The van der Waals surface area contributed by atoms with Crippen molar-refractivity contribution < 1.29 is 27.4 Å². The second-order valence-electron chi connectivity index (χ2n) is 2.05. The maximum atomic E-state index is 11.5. The van der Waals surface area contributed by atoms with Crippen molar-refractivity contribution in [2.75, 3.05) is 13.2 Å². The van der Waals surface area contributed by atoms with E-state index >= 15 is 0 Å². The zero-order chi connectivity index (χ0) is 10.5. The molecule has 0 aromatic carbocycles. The number of alkyl halides is 3. The summed E-state index contributed by atoms with van der Waals surface area (Å²) in [5.74, 6) is -1.62. The van der Waals surface area contributed by atoms with Crippen LogP contribution in [0.1, 0.15) is 6.92 Å². The molecule has 0 aliphatic carbocycles. The zero-order valence-corrected chi connectivity index (χ0v) is 6.98. The summed E-state index contributed by atoms with van der Waals surface area (Å²) in [6.07, 6.45) is -4.48. The predicted molar refractivity (Wildman–Crippen MR) is 37.8 cm³/mol. The van der Waals surface area contributed by atoms with Crippen LogP contribution < -0.4 is 0 Å². The Morgan fingerprint density at radius 3 is 2.31 bits per heavy atom. The Morgan fingerprint density at radius 1 is 1.38 bits per heavy atom. The van der Waals surface area contributed by atoms with Gasteiger partial charge in [-0.25, -0.2) is 4.79 Å². The summed E-state index contributed by atoms with van der Waals surface area (Å²) in [5, 5.41) is 0. The van der Waals surface area contributed by atoms with E-state index in [1.807, 2.05) is 0 Å². The van der Waals surface area contributed by atoms with Gasteiger partial charge in [-0.2, -0.15) is 13.2 Å². The van der Waals surface area contributed by atoms with Crippen LogP contribution in [0.5, 0.6) is 0 Å². The summed E-state index contributed by atoms with van der Waals surface area (Å²) in [6.45, 7) is 3.03. The van der Waals surface area contributed by atoms with Crippen molar-refractivity contribution in [3.05, 3.63) is 12.3 Å². The molecule has 0 amide bonds. The lowest BCUT2D eigenvalue weighted by atomic mass is 10.5. The Labute approximate surface area is 73.1 Å². The lowest BCUT2D eigenvalue weighted by Crippen LogP contribution is -2.19. The third-order valence-corrected chi connectivity index (χ3v) is 0.913. The highest BCUT2D eigenvalue weighted by atomic mass is 19.4. The molecule has 13 heavy (non-hydrogen) atoms. The van der Waals surface area contributed by atoms with Crippen molar-refractivity contribution in [1.29, 1.82) is 0 Å². The predicted octanol–water partition coefficient (Wildman–Crippen LogP) is 1.64. The van der Waals surface area contributed by atoms with Gasteiger partial charge in [0.2, 0.25) is 0 Å². The highest BCUT2D eigenvalue weighted by Crippen LogP contribution is 2.16. The third-order valence-electron chi connectivity index (χ3n) is 0.913. The molecule has 3 nitrogen and oxygen atoms in total. The molecule has 0 heterocycles. The van der Waals surface area contributed by atoms with E-state index in [2.05, 4.69) is 16.1 Å². The van der Waals surface area contributed by atoms with Crippen LogP contribution in [0.4, 0.5) is 13.2 Å². The Kier molecular flexibility index (Phi) is 4.30. The molecule has 0 saturated heterocycles. The Morgan fingerprint density at radius 2 is 1.92 bits per heavy atom. The van der Waals surface area contributed by atoms with Gasteiger partial charge in [-0.3, -0.25) is 0 Å². The molecule has 0 rings (SSSR count). The van der Waals surface area contributed by atoms with Gasteiger partial charge in [0.05, 0.1) is 6.61 Å². The van der Waals surface area contributed by atoms with Crippen LogP contribution in [0.2, 0.25) is 0 Å². The topological polar surface area (TPSA) is 35.5 Å². The molecule has 0 aliphatic rings. The number of hydrogen-bond acceptors (Lipinski definition) is 3. The molecule has 76 valence electrons. The summed E-state index contributed by atoms with van der Waals surface area (Å²) in [4.78, 5) is 10.6. The van der Waals surface area contributed by atoms with Gasteiger partial charge in [0.25, 0.3) is 0 Å². The van der Waals surface area contributed by atoms with E-state index in [9.17, 15) is 18.0 Å². The van der Waals surface area contributed by atoms with Crippen LogP contribution in [-0.4, -0.2) is 25.4 Å². The van der Waals surface area contributed by atoms with Gasteiger partial charge in [-0.05, 0) is 13.5 Å². The molecule has 0 fully saturated rings. The Balaban J connectivity index is 3.82. The van der Waals surface area contributed by atoms with Gasteiger partial charge in [0.1, 0.15) is 0 Å². The van der Waals surface area contributed by atoms with E-state index in [0.29, 0.717) is 0 Å². The van der Waals surface area contributed by atoms with Crippen LogP contribution in [0.15, 0.2) is 12.3 Å². The first-order valence-corrected chi connectivity index (χ1v) is 3.42. The van der Waals surface area contributed by atoms with Gasteiger partial charge in [-0.1, -0.05) is 0 Å². The number of ether oxygens (including phenoxy) is 2. The van der Waals surface area contributed by atoms with Crippen molar-refractivity contribution in [1.82, 2.24) is 0 Å². The van der Waals surface area contributed by atoms with E-state index in [1.165, 1.54) is 6.92 Å². The zero-order valence-electron chi connectivity index (χ0n) is 6.98. The molecule has 0 bridgehead atoms. The molecular formula is C7H9F3O3. The molecule has 0 saturated carbocycles. The van der Waals surface area contributed by atoms with Gasteiger partial charge >= 0.3 is 12.1 Å². The second-order valence-corrected chi connectivity index (χ2v) is 2.05. The quantitative estimate of drug-likeness (QED) is 0.391. The minimum atomic E-state index is -4.48. The fourth-order valence-electron chi connectivity index (χ4n) is 0.439. The molecule has 0 radical (unpaired) electrons. The van der Waals surface area contributed by atoms with Crippen LogP contribution in [0.25, 0.3) is 0 Å². The first-order chi connectivity index (χ1) is 5.87. The lowest BCUT2D eigenvalue weighted by Gasteiger charge is -2.09. The molecule has 0 aromatic heterocycles. The minimum absolute atomic E-state index is 0.0627. The fourth-order valence-corrected chi connectivity index (χ4v) is 0.439. The molecular weight excluding hydrogens is 189 g/mol. The molecule has 0 aromatic rings. The number of esters is 1. The van der Waals surface area contributed by atoms with E-state index in [1.54, 1.807) is 0 Å². The van der Waals surface area contributed by atoms with Crippen molar-refractivity contribution in [2.24, 2.45) is 0 Å². The number of halogens is 3. The smallest absolute Gasteiger partial charge is 0.422 e. The van der Waals surface area contributed by atoms with E-state index in [-0.39, 0.29) is 6.61 Å². The molecule has 0 unspecified atom stereocenters. The Bertz CT molecular complexity index is 198. The van der Waals surface area contributed by atoms with Gasteiger partial charge in [0.15, 0.2) is 12.4 Å². The Hall–Kier alpha value is -1.20. The van der Waals surface area contributed by atoms with E-state index < -0.39 is 24.5 Å². The van der Waals surface area contributed by atoms with E-state index in [4.69, 9.17) is 0 Å². The molecule has 0 N–H and O–H groups in total. The highest BCUT2D eigenvalue weighted by molar-refractivity contribution is 5.85. The highest BCUT2D eigenvalue weighted by Gasteiger charge is 2.29. The molecule has 0 atom stereocenters. The molecule has 6 heteroatoms. The average Bonchev–Trinajstić information content (AvgIpc) is 1.99. The number of carbonyl (C=O) groups excluding carboxylic acids is 1. The van der Waals surface area contributed by atoms with E-state index in [0.717, 1.165) is 0 Å². The summed E-state index contributed by atoms with van der Waals surface area (Å²) in [5.41, 5.74) is 0. The third kappa shape index (κ3) is 6.01. The first-order valence-electron chi connectivity index (χ1n) is 3.42. The average molecular weight is 198 g/mol. The number of rotatable bonds is 4. The summed E-state index contributed by atoms with van der Waals surface area (Å²) in [6, 6.07) is 0. The van der Waals surface area contributed by atoms with Gasteiger partial charge < -0.3 is 9.47 Å². The van der Waals surface area contributed by atoms with Gasteiger partial charge in [0, 0.05) is 0 Å². The largest absolute Gasteiger partial charge is 0.477 e. The SMILES string of the molecule is C=C(OCC(F)(F)F)C(=O)OCC. The van der Waals surface area contributed by atoms with Crippen molar-refractivity contribution in [3.63, 3.8) is 0 Å². The minimum Gasteiger partial charge on any atom is -0.477 e. The van der Waals surface area contributed by atoms with Crippen molar-refractivity contribution >= 4 is 5.97 Å². The van der Waals surface area contributed by atoms with Crippen LogP contribution in [0, 0.1) is 0 Å². The van der Waals surface area contributed by atoms with Crippen molar-refractivity contribution in [3.8, 4) is 0 Å². The monoisotopic (exact) mass is 198 g/mol. The lowest BCUT2D eigenvalue weighted by molar-refractivity contribution is -0.170. The van der Waals surface area contributed by atoms with Crippen LogP contribution >= 0.6 is 0 Å². The second kappa shape index (κ2) is 4.74. The standard InChI is InChI=1S/C7H9F3O3/c1-3-12-6(11)5(2)13-4-7(8,9)10/h2-4H2,1H3. The van der Waals surface area contributed by atoms with Crippen molar-refractivity contribution in [2.45, 2.75) is 13.1 Å². The summed E-state index contributed by atoms with van der Waals surface area (Å²) >= 11 is 0. The fraction of sp³-hybridized carbons (Fsp3) is 0.571. The molecule has 0 aliphatic heterocycles. The first kappa shape index (κ1) is 11.8. The normalized spacial score (nSPS) is 10.8. The maximum absolute atomic E-state index is 11.5. The summed E-state index contributed by atoms with van der Waals surface area (Å²) < 4.78 is 43.0. The summed E-state index contributed by atoms with van der Waals surface area (Å²) in [7, 11) is 0. The van der Waals surface area contributed by atoms with Crippen LogP contribution in [0.3, 0.4) is 0 Å². The van der Waals surface area contributed by atoms with Crippen LogP contribution in [-0.2, 0) is 14.3 Å². The number of carbonyl (C=O) groups is 1. The molecule has 0 spiro atoms.